The summed E-state index contributed by atoms with van der Waals surface area (Å²) in [5.41, 5.74) is 1.14. The van der Waals surface area contributed by atoms with Crippen molar-refractivity contribution in [2.75, 3.05) is 26.8 Å². The van der Waals surface area contributed by atoms with Crippen LogP contribution in [0.4, 0.5) is 0 Å². The maximum Gasteiger partial charge on any atom is 0.323 e. The fourth-order valence-electron chi connectivity index (χ4n) is 2.59. The zero-order valence-electron chi connectivity index (χ0n) is 12.4. The quantitative estimate of drug-likeness (QED) is 0.631. The lowest BCUT2D eigenvalue weighted by molar-refractivity contribution is -0.150. The van der Waals surface area contributed by atoms with E-state index < -0.39 is 6.10 Å². The van der Waals surface area contributed by atoms with Crippen LogP contribution >= 0.6 is 0 Å². The summed E-state index contributed by atoms with van der Waals surface area (Å²) in [4.78, 5) is 13.8. The van der Waals surface area contributed by atoms with Crippen molar-refractivity contribution >= 4 is 5.97 Å². The zero-order valence-corrected chi connectivity index (χ0v) is 12.4. The molecule has 0 unspecified atom stereocenters. The van der Waals surface area contributed by atoms with Gasteiger partial charge >= 0.3 is 5.97 Å². The molecule has 2 atom stereocenters. The number of benzene rings is 1. The fraction of sp³-hybridized carbons (Fsp3) is 0.562. The van der Waals surface area contributed by atoms with Crippen LogP contribution < -0.4 is 0 Å². The van der Waals surface area contributed by atoms with Crippen molar-refractivity contribution < 1.29 is 19.4 Å². The Labute approximate surface area is 125 Å². The molecule has 1 aliphatic heterocycles. The van der Waals surface area contributed by atoms with Crippen LogP contribution in [-0.4, -0.2) is 54.9 Å². The van der Waals surface area contributed by atoms with Gasteiger partial charge in [0, 0.05) is 13.1 Å². The molecule has 0 radical (unpaired) electrons. The van der Waals surface area contributed by atoms with E-state index in [1.54, 1.807) is 0 Å². The average molecular weight is 293 g/mol. The second kappa shape index (κ2) is 8.12. The van der Waals surface area contributed by atoms with Crippen molar-refractivity contribution in [3.8, 4) is 0 Å². The second-order valence-electron chi connectivity index (χ2n) is 5.29. The molecule has 0 spiro atoms. The first kappa shape index (κ1) is 15.9. The van der Waals surface area contributed by atoms with Gasteiger partial charge in [-0.2, -0.15) is 0 Å². The van der Waals surface area contributed by atoms with E-state index in [0.717, 1.165) is 5.56 Å². The topological polar surface area (TPSA) is 59.0 Å². The van der Waals surface area contributed by atoms with E-state index in [2.05, 4.69) is 0 Å². The Kier molecular flexibility index (Phi) is 6.17. The van der Waals surface area contributed by atoms with Gasteiger partial charge in [0.2, 0.25) is 0 Å². The minimum atomic E-state index is -0.421. The minimum absolute atomic E-state index is 0.281. The highest BCUT2D eigenvalue weighted by Gasteiger charge is 2.33. The van der Waals surface area contributed by atoms with Gasteiger partial charge in [0.05, 0.1) is 26.4 Å². The van der Waals surface area contributed by atoms with Crippen molar-refractivity contribution in [2.24, 2.45) is 0 Å². The predicted molar refractivity (Wildman–Crippen MR) is 78.7 cm³/mol. The van der Waals surface area contributed by atoms with Crippen LogP contribution in [-0.2, 0) is 20.9 Å². The first-order valence-corrected chi connectivity index (χ1v) is 7.32. The molecule has 2 rings (SSSR count). The molecule has 0 bridgehead atoms. The molecule has 116 valence electrons. The Morgan fingerprint density at radius 1 is 1.38 bits per heavy atom. The Balaban J connectivity index is 1.76. The number of ether oxygens (including phenoxy) is 2. The summed E-state index contributed by atoms with van der Waals surface area (Å²) in [7, 11) is 1.38. The average Bonchev–Trinajstić information content (AvgIpc) is 2.53. The second-order valence-corrected chi connectivity index (χ2v) is 5.29. The van der Waals surface area contributed by atoms with Crippen LogP contribution in [0.5, 0.6) is 0 Å². The van der Waals surface area contributed by atoms with Crippen molar-refractivity contribution in [1.29, 1.82) is 0 Å². The summed E-state index contributed by atoms with van der Waals surface area (Å²) in [6, 6.07) is 9.63. The van der Waals surface area contributed by atoms with Crippen LogP contribution in [0.1, 0.15) is 18.4 Å². The number of aliphatic hydroxyl groups excluding tert-OH is 1. The van der Waals surface area contributed by atoms with Gasteiger partial charge in [-0.1, -0.05) is 30.3 Å². The highest BCUT2D eigenvalue weighted by atomic mass is 16.5. The first-order valence-electron chi connectivity index (χ1n) is 7.32. The van der Waals surface area contributed by atoms with Crippen LogP contribution in [0.15, 0.2) is 30.3 Å². The number of hydrogen-bond acceptors (Lipinski definition) is 5. The molecular weight excluding hydrogens is 270 g/mol. The molecule has 1 N–H and O–H groups in total. The number of methoxy groups -OCH3 is 1. The number of aliphatic hydroxyl groups is 1. The van der Waals surface area contributed by atoms with E-state index in [9.17, 15) is 9.90 Å². The van der Waals surface area contributed by atoms with Gasteiger partial charge in [-0.3, -0.25) is 9.69 Å². The van der Waals surface area contributed by atoms with E-state index >= 15 is 0 Å². The summed E-state index contributed by atoms with van der Waals surface area (Å²) in [6.07, 6.45) is 0.702. The number of nitrogens with zero attached hydrogens (tertiary/aromatic N) is 1. The third kappa shape index (κ3) is 4.81. The van der Waals surface area contributed by atoms with Crippen LogP contribution in [0.2, 0.25) is 0 Å². The minimum Gasteiger partial charge on any atom is -0.468 e. The van der Waals surface area contributed by atoms with Gasteiger partial charge < -0.3 is 14.6 Å². The molecular formula is C16H23NO4. The molecule has 5 nitrogen and oxygen atoms in total. The standard InChI is InChI=1S/C16H23NO4/c1-20-16(19)15-11-14(18)7-8-17(15)9-10-21-12-13-5-3-2-4-6-13/h2-6,14-15,18H,7-12H2,1H3/t14-,15+/m0/s1. The lowest BCUT2D eigenvalue weighted by atomic mass is 9.99. The highest BCUT2D eigenvalue weighted by molar-refractivity contribution is 5.75. The molecule has 0 saturated carbocycles. The zero-order chi connectivity index (χ0) is 15.1. The number of rotatable bonds is 6. The maximum atomic E-state index is 11.8. The van der Waals surface area contributed by atoms with Gasteiger partial charge in [-0.15, -0.1) is 0 Å². The van der Waals surface area contributed by atoms with Gasteiger partial charge in [0.25, 0.3) is 0 Å². The number of hydrogen-bond donors (Lipinski definition) is 1. The van der Waals surface area contributed by atoms with Crippen molar-refractivity contribution in [3.63, 3.8) is 0 Å². The smallest absolute Gasteiger partial charge is 0.323 e. The third-order valence-corrected chi connectivity index (χ3v) is 3.79. The molecule has 1 saturated heterocycles. The van der Waals surface area contributed by atoms with E-state index in [4.69, 9.17) is 9.47 Å². The number of carbonyl (C=O) groups excluding carboxylic acids is 1. The molecule has 21 heavy (non-hydrogen) atoms. The van der Waals surface area contributed by atoms with E-state index in [1.165, 1.54) is 7.11 Å². The van der Waals surface area contributed by atoms with Crippen LogP contribution in [0, 0.1) is 0 Å². The largest absolute Gasteiger partial charge is 0.468 e. The lowest BCUT2D eigenvalue weighted by Gasteiger charge is -2.35. The Morgan fingerprint density at radius 3 is 2.86 bits per heavy atom. The Morgan fingerprint density at radius 2 is 2.14 bits per heavy atom. The van der Waals surface area contributed by atoms with E-state index in [-0.39, 0.29) is 12.0 Å². The number of esters is 1. The number of likely N-dealkylation sites (tertiary alicyclic amines) is 1. The van der Waals surface area contributed by atoms with Gasteiger partial charge in [0.1, 0.15) is 6.04 Å². The monoisotopic (exact) mass is 293 g/mol. The SMILES string of the molecule is COC(=O)[C@H]1C[C@@H](O)CCN1CCOCc1ccccc1. The third-order valence-electron chi connectivity index (χ3n) is 3.79. The van der Waals surface area contributed by atoms with Gasteiger partial charge in [-0.05, 0) is 18.4 Å². The Bertz CT molecular complexity index is 437. The molecule has 0 aliphatic carbocycles. The molecule has 0 amide bonds. The number of carbonyl (C=O) groups is 1. The molecule has 1 fully saturated rings. The van der Waals surface area contributed by atoms with Gasteiger partial charge in [-0.25, -0.2) is 0 Å². The summed E-state index contributed by atoms with van der Waals surface area (Å²) in [5, 5.41) is 9.70. The lowest BCUT2D eigenvalue weighted by Crippen LogP contribution is -2.50. The molecule has 5 heteroatoms. The van der Waals surface area contributed by atoms with Gasteiger partial charge in [0.15, 0.2) is 0 Å². The fourth-order valence-corrected chi connectivity index (χ4v) is 2.59. The van der Waals surface area contributed by atoms with Crippen molar-refractivity contribution in [1.82, 2.24) is 4.90 Å². The first-order chi connectivity index (χ1) is 10.2. The molecule has 1 aromatic rings. The van der Waals surface area contributed by atoms with E-state index in [1.807, 2.05) is 35.2 Å². The summed E-state index contributed by atoms with van der Waals surface area (Å²) >= 11 is 0. The summed E-state index contributed by atoms with van der Waals surface area (Å²) in [6.45, 7) is 2.48. The van der Waals surface area contributed by atoms with E-state index in [0.29, 0.717) is 39.1 Å². The highest BCUT2D eigenvalue weighted by Crippen LogP contribution is 2.18. The summed E-state index contributed by atoms with van der Waals surface area (Å²) < 4.78 is 10.5. The molecule has 1 heterocycles. The normalized spacial score (nSPS) is 23.0. The van der Waals surface area contributed by atoms with Crippen LogP contribution in [0.3, 0.4) is 0 Å². The molecule has 1 aromatic carbocycles. The van der Waals surface area contributed by atoms with Crippen molar-refractivity contribution in [2.45, 2.75) is 31.6 Å². The summed E-state index contributed by atoms with van der Waals surface area (Å²) in [5.74, 6) is -0.281. The predicted octanol–water partition coefficient (Wildman–Crippen LogP) is 1.20. The van der Waals surface area contributed by atoms with Crippen LogP contribution in [0.25, 0.3) is 0 Å². The maximum absolute atomic E-state index is 11.8. The molecule has 0 aromatic heterocycles. The Hall–Kier alpha value is -1.43. The van der Waals surface area contributed by atoms with Crippen molar-refractivity contribution in [3.05, 3.63) is 35.9 Å². The number of piperidine rings is 1. The molecule has 1 aliphatic rings.